The molecule has 0 unspecified atom stereocenters. The summed E-state index contributed by atoms with van der Waals surface area (Å²) in [6, 6.07) is 0. The molecule has 1 N–H and O–H groups in total. The van der Waals surface area contributed by atoms with Crippen LogP contribution in [0.5, 0.6) is 0 Å². The highest BCUT2D eigenvalue weighted by molar-refractivity contribution is 4.88. The second-order valence-corrected chi connectivity index (χ2v) is 3.05. The summed E-state index contributed by atoms with van der Waals surface area (Å²) in [5, 5.41) is 8.81. The van der Waals surface area contributed by atoms with Gasteiger partial charge >= 0.3 is 0 Å². The summed E-state index contributed by atoms with van der Waals surface area (Å²) in [6.45, 7) is 0.321. The molecule has 0 spiro atoms. The number of rotatable bonds is 1. The van der Waals surface area contributed by atoms with Crippen molar-refractivity contribution in [3.63, 3.8) is 0 Å². The smallest absolute Gasteiger partial charge is 0.0630 e. The van der Waals surface area contributed by atoms with Crippen LogP contribution in [0.25, 0.3) is 0 Å². The van der Waals surface area contributed by atoms with Crippen molar-refractivity contribution >= 4 is 0 Å². The van der Waals surface area contributed by atoms with Gasteiger partial charge in [0.15, 0.2) is 0 Å². The molecule has 2 aliphatic heterocycles. The first-order valence-electron chi connectivity index (χ1n) is 3.66. The van der Waals surface area contributed by atoms with Crippen molar-refractivity contribution in [2.45, 2.75) is 31.5 Å². The Labute approximate surface area is 54.8 Å². The van der Waals surface area contributed by atoms with Crippen LogP contribution < -0.4 is 0 Å². The maximum absolute atomic E-state index is 8.81. The topological polar surface area (TPSA) is 29.5 Å². The maximum atomic E-state index is 8.81. The number of hydrogen-bond acceptors (Lipinski definition) is 2. The summed E-state index contributed by atoms with van der Waals surface area (Å²) in [7, 11) is 0. The van der Waals surface area contributed by atoms with Crippen LogP contribution >= 0.6 is 0 Å². The molecule has 2 rings (SSSR count). The highest BCUT2D eigenvalue weighted by atomic mass is 16.5. The quantitative estimate of drug-likeness (QED) is 0.558. The fraction of sp³-hybridized carbons (Fsp3) is 1.00. The lowest BCUT2D eigenvalue weighted by molar-refractivity contribution is 0.0795. The largest absolute Gasteiger partial charge is 0.396 e. The van der Waals surface area contributed by atoms with Crippen LogP contribution in [0.1, 0.15) is 19.3 Å². The number of fused-ring (bicyclic) bond motifs is 2. The van der Waals surface area contributed by atoms with Gasteiger partial charge < -0.3 is 9.84 Å². The number of ether oxygens (including phenoxy) is 1. The Morgan fingerprint density at radius 1 is 1.44 bits per heavy atom. The van der Waals surface area contributed by atoms with Gasteiger partial charge in [0.05, 0.1) is 12.2 Å². The standard InChI is InChI=1S/C7H12O2/c8-4-5-3-6-1-2-7(5)9-6/h5-8H,1-4H2/t5-,6-,7-/m1/s1. The van der Waals surface area contributed by atoms with Crippen LogP contribution in [0.2, 0.25) is 0 Å². The van der Waals surface area contributed by atoms with Gasteiger partial charge in [0.25, 0.3) is 0 Å². The number of aliphatic hydroxyl groups is 1. The Hall–Kier alpha value is -0.0800. The Balaban J connectivity index is 2.01. The molecule has 2 fully saturated rings. The fourth-order valence-electron chi connectivity index (χ4n) is 1.94. The molecule has 0 aromatic heterocycles. The minimum atomic E-state index is 0.321. The molecule has 9 heavy (non-hydrogen) atoms. The van der Waals surface area contributed by atoms with Crippen molar-refractivity contribution in [3.8, 4) is 0 Å². The number of aliphatic hydroxyl groups excluding tert-OH is 1. The van der Waals surface area contributed by atoms with Crippen LogP contribution in [-0.2, 0) is 4.74 Å². The highest BCUT2D eigenvalue weighted by Gasteiger charge is 2.39. The van der Waals surface area contributed by atoms with E-state index >= 15 is 0 Å². The van der Waals surface area contributed by atoms with Crippen LogP contribution in [0.4, 0.5) is 0 Å². The molecule has 0 aromatic rings. The second-order valence-electron chi connectivity index (χ2n) is 3.05. The molecule has 0 aromatic carbocycles. The average Bonchev–Trinajstić information content (AvgIpc) is 2.45. The molecular formula is C7H12O2. The van der Waals surface area contributed by atoms with Crippen LogP contribution in [0, 0.1) is 5.92 Å². The molecular weight excluding hydrogens is 116 g/mol. The minimum absolute atomic E-state index is 0.321. The van der Waals surface area contributed by atoms with Gasteiger partial charge in [-0.05, 0) is 19.3 Å². The van der Waals surface area contributed by atoms with E-state index in [0.717, 1.165) is 6.42 Å². The second kappa shape index (κ2) is 1.96. The van der Waals surface area contributed by atoms with Gasteiger partial charge in [0.2, 0.25) is 0 Å². The van der Waals surface area contributed by atoms with Gasteiger partial charge in [-0.3, -0.25) is 0 Å². The summed E-state index contributed by atoms with van der Waals surface area (Å²) in [5.41, 5.74) is 0. The van der Waals surface area contributed by atoms with Gasteiger partial charge in [-0.15, -0.1) is 0 Å². The Bertz CT molecular complexity index is 113. The van der Waals surface area contributed by atoms with Crippen molar-refractivity contribution in [2.75, 3.05) is 6.61 Å². The molecule has 2 saturated heterocycles. The predicted octanol–water partition coefficient (Wildman–Crippen LogP) is 0.546. The highest BCUT2D eigenvalue weighted by Crippen LogP contribution is 2.38. The van der Waals surface area contributed by atoms with Gasteiger partial charge in [0.1, 0.15) is 0 Å². The maximum Gasteiger partial charge on any atom is 0.0630 e. The normalized spacial score (nSPS) is 48.3. The zero-order chi connectivity index (χ0) is 6.27. The monoisotopic (exact) mass is 128 g/mol. The van der Waals surface area contributed by atoms with Crippen molar-refractivity contribution < 1.29 is 9.84 Å². The predicted molar refractivity (Wildman–Crippen MR) is 33.1 cm³/mol. The van der Waals surface area contributed by atoms with Crippen LogP contribution in [0.3, 0.4) is 0 Å². The van der Waals surface area contributed by atoms with E-state index in [-0.39, 0.29) is 0 Å². The molecule has 0 radical (unpaired) electrons. The third-order valence-electron chi connectivity index (χ3n) is 2.47. The number of hydrogen-bond donors (Lipinski definition) is 1. The van der Waals surface area contributed by atoms with Crippen molar-refractivity contribution in [3.05, 3.63) is 0 Å². The molecule has 3 atom stereocenters. The lowest BCUT2D eigenvalue weighted by Gasteiger charge is -2.14. The third kappa shape index (κ3) is 0.775. The molecule has 2 bridgehead atoms. The van der Waals surface area contributed by atoms with Gasteiger partial charge in [0, 0.05) is 12.5 Å². The van der Waals surface area contributed by atoms with E-state index in [1.54, 1.807) is 0 Å². The summed E-state index contributed by atoms with van der Waals surface area (Å²) < 4.78 is 5.52. The third-order valence-corrected chi connectivity index (χ3v) is 2.47. The molecule has 2 nitrogen and oxygen atoms in total. The lowest BCUT2D eigenvalue weighted by Crippen LogP contribution is -2.19. The molecule has 0 amide bonds. The molecule has 2 aliphatic rings. The van der Waals surface area contributed by atoms with Crippen LogP contribution in [0.15, 0.2) is 0 Å². The molecule has 52 valence electrons. The average molecular weight is 128 g/mol. The van der Waals surface area contributed by atoms with E-state index < -0.39 is 0 Å². The first-order valence-corrected chi connectivity index (χ1v) is 3.66. The Morgan fingerprint density at radius 3 is 2.67 bits per heavy atom. The van der Waals surface area contributed by atoms with Gasteiger partial charge in [-0.25, -0.2) is 0 Å². The van der Waals surface area contributed by atoms with Crippen molar-refractivity contribution in [1.82, 2.24) is 0 Å². The first-order chi connectivity index (χ1) is 4.40. The van der Waals surface area contributed by atoms with Gasteiger partial charge in [-0.1, -0.05) is 0 Å². The summed E-state index contributed by atoms with van der Waals surface area (Å²) >= 11 is 0. The van der Waals surface area contributed by atoms with E-state index in [1.807, 2.05) is 0 Å². The van der Waals surface area contributed by atoms with E-state index in [1.165, 1.54) is 12.8 Å². The SMILES string of the molecule is OC[C@H]1C[C@H]2CC[C@H]1O2. The van der Waals surface area contributed by atoms with Crippen molar-refractivity contribution in [1.29, 1.82) is 0 Å². The molecule has 2 heterocycles. The zero-order valence-electron chi connectivity index (χ0n) is 5.42. The fourth-order valence-corrected chi connectivity index (χ4v) is 1.94. The van der Waals surface area contributed by atoms with Crippen LogP contribution in [-0.4, -0.2) is 23.9 Å². The van der Waals surface area contributed by atoms with E-state index in [0.29, 0.717) is 24.7 Å². The Kier molecular flexibility index (Phi) is 1.24. The zero-order valence-corrected chi connectivity index (χ0v) is 5.42. The Morgan fingerprint density at radius 2 is 2.33 bits per heavy atom. The summed E-state index contributed by atoms with van der Waals surface area (Å²) in [4.78, 5) is 0. The molecule has 2 heteroatoms. The summed E-state index contributed by atoms with van der Waals surface area (Å²) in [5.74, 6) is 0.462. The van der Waals surface area contributed by atoms with Crippen molar-refractivity contribution in [2.24, 2.45) is 5.92 Å². The van der Waals surface area contributed by atoms with E-state index in [9.17, 15) is 0 Å². The lowest BCUT2D eigenvalue weighted by atomic mass is 9.90. The molecule has 0 aliphatic carbocycles. The van der Waals surface area contributed by atoms with E-state index in [2.05, 4.69) is 0 Å². The van der Waals surface area contributed by atoms with E-state index in [4.69, 9.17) is 9.84 Å². The first kappa shape index (κ1) is 5.69. The minimum Gasteiger partial charge on any atom is -0.396 e. The molecule has 0 saturated carbocycles. The van der Waals surface area contributed by atoms with Gasteiger partial charge in [-0.2, -0.15) is 0 Å². The summed E-state index contributed by atoms with van der Waals surface area (Å²) in [6.07, 6.45) is 4.39.